The van der Waals surface area contributed by atoms with Gasteiger partial charge in [-0.15, -0.1) is 5.10 Å². The fourth-order valence-corrected chi connectivity index (χ4v) is 0.529. The molecule has 0 aromatic heterocycles. The Balaban J connectivity index is 2.50. The second-order valence-corrected chi connectivity index (χ2v) is 1.67. The summed E-state index contributed by atoms with van der Waals surface area (Å²) >= 11 is 0. The van der Waals surface area contributed by atoms with Gasteiger partial charge in [-0.1, -0.05) is 0 Å². The minimum Gasteiger partial charge on any atom is -0.462 e. The summed E-state index contributed by atoms with van der Waals surface area (Å²) in [7, 11) is 1.86. The van der Waals surface area contributed by atoms with Crippen LogP contribution in [0.4, 0.5) is 0 Å². The number of likely N-dealkylation sites (N-methyl/N-ethyl adjacent to an activating group) is 1. The van der Waals surface area contributed by atoms with Crippen LogP contribution in [0.2, 0.25) is 0 Å². The molecule has 0 bridgehead atoms. The number of hydrazone groups is 1. The molecule has 0 aliphatic carbocycles. The number of hydrogen-bond donors (Lipinski definition) is 1. The number of nitrogens with two attached hydrogens (primary N) is 1. The molecule has 1 heterocycles. The van der Waals surface area contributed by atoms with Crippen molar-refractivity contribution in [1.29, 1.82) is 0 Å². The summed E-state index contributed by atoms with van der Waals surface area (Å²) in [5.74, 6) is 0. The van der Waals surface area contributed by atoms with Gasteiger partial charge < -0.3 is 10.5 Å². The first kappa shape index (κ1) is 5.21. The van der Waals surface area contributed by atoms with Crippen molar-refractivity contribution >= 4 is 6.02 Å². The first-order valence-corrected chi connectivity index (χ1v) is 2.47. The van der Waals surface area contributed by atoms with Crippen LogP contribution in [0, 0.1) is 0 Å². The second kappa shape index (κ2) is 1.90. The summed E-state index contributed by atoms with van der Waals surface area (Å²) in [5, 5.41) is 5.54. The predicted molar refractivity (Wildman–Crippen MR) is 30.2 cm³/mol. The summed E-state index contributed by atoms with van der Waals surface area (Å²) in [6, 6.07) is 0.263. The van der Waals surface area contributed by atoms with Gasteiger partial charge in [-0.25, -0.2) is 0 Å². The number of amidine groups is 1. The van der Waals surface area contributed by atoms with Gasteiger partial charge in [0.25, 0.3) is 0 Å². The molecule has 46 valence electrons. The van der Waals surface area contributed by atoms with E-state index in [-0.39, 0.29) is 6.02 Å². The molecule has 2 N–H and O–H groups in total. The molecule has 1 aliphatic heterocycles. The zero-order chi connectivity index (χ0) is 5.98. The minimum atomic E-state index is 0.263. The predicted octanol–water partition coefficient (Wildman–Crippen LogP) is -0.822. The van der Waals surface area contributed by atoms with E-state index in [1.54, 1.807) is 5.01 Å². The van der Waals surface area contributed by atoms with Crippen molar-refractivity contribution in [2.24, 2.45) is 10.8 Å². The molecule has 0 unspecified atom stereocenters. The molecular weight excluding hydrogens is 106 g/mol. The molecule has 0 amide bonds. The van der Waals surface area contributed by atoms with Crippen LogP contribution in [0.5, 0.6) is 0 Å². The first-order valence-electron chi connectivity index (χ1n) is 2.47. The molecule has 0 radical (unpaired) electrons. The quantitative estimate of drug-likeness (QED) is 0.448. The Labute approximate surface area is 47.9 Å². The van der Waals surface area contributed by atoms with Gasteiger partial charge in [0.05, 0.1) is 6.54 Å². The zero-order valence-corrected chi connectivity index (χ0v) is 4.79. The largest absolute Gasteiger partial charge is 0.462 e. The highest BCUT2D eigenvalue weighted by molar-refractivity contribution is 5.71. The van der Waals surface area contributed by atoms with E-state index in [0.29, 0.717) is 6.61 Å². The maximum atomic E-state index is 5.21. The molecule has 0 aromatic carbocycles. The van der Waals surface area contributed by atoms with E-state index in [2.05, 4.69) is 5.10 Å². The lowest BCUT2D eigenvalue weighted by Crippen LogP contribution is -2.31. The Bertz CT molecular complexity index is 112. The van der Waals surface area contributed by atoms with Gasteiger partial charge in [-0.3, -0.25) is 5.01 Å². The van der Waals surface area contributed by atoms with Crippen LogP contribution in [-0.4, -0.2) is 31.2 Å². The van der Waals surface area contributed by atoms with Gasteiger partial charge >= 0.3 is 6.02 Å². The van der Waals surface area contributed by atoms with Crippen molar-refractivity contribution in [2.45, 2.75) is 0 Å². The van der Waals surface area contributed by atoms with Crippen molar-refractivity contribution in [3.63, 3.8) is 0 Å². The third kappa shape index (κ3) is 1.02. The van der Waals surface area contributed by atoms with E-state index >= 15 is 0 Å². The maximum absolute atomic E-state index is 5.21. The monoisotopic (exact) mass is 115 g/mol. The van der Waals surface area contributed by atoms with E-state index in [4.69, 9.17) is 10.5 Å². The van der Waals surface area contributed by atoms with E-state index in [0.717, 1.165) is 6.54 Å². The summed E-state index contributed by atoms with van der Waals surface area (Å²) in [5.41, 5.74) is 5.21. The van der Waals surface area contributed by atoms with Crippen LogP contribution in [0.1, 0.15) is 0 Å². The molecule has 1 aliphatic rings. The van der Waals surface area contributed by atoms with Crippen molar-refractivity contribution in [3.8, 4) is 0 Å². The Hall–Kier alpha value is -0.930. The highest BCUT2D eigenvalue weighted by Gasteiger charge is 2.03. The second-order valence-electron chi connectivity index (χ2n) is 1.67. The topological polar surface area (TPSA) is 50.9 Å². The third-order valence-corrected chi connectivity index (χ3v) is 0.934. The van der Waals surface area contributed by atoms with Crippen LogP contribution in [0.15, 0.2) is 5.10 Å². The third-order valence-electron chi connectivity index (χ3n) is 0.934. The van der Waals surface area contributed by atoms with Gasteiger partial charge in [0.2, 0.25) is 0 Å². The molecule has 0 spiro atoms. The SMILES string of the molecule is CN1CCOC(N)=N1. The van der Waals surface area contributed by atoms with E-state index in [9.17, 15) is 0 Å². The van der Waals surface area contributed by atoms with Crippen molar-refractivity contribution in [3.05, 3.63) is 0 Å². The van der Waals surface area contributed by atoms with Gasteiger partial charge in [0, 0.05) is 7.05 Å². The van der Waals surface area contributed by atoms with Crippen LogP contribution in [-0.2, 0) is 4.74 Å². The number of nitrogens with zero attached hydrogens (tertiary/aromatic N) is 2. The molecule has 0 saturated carbocycles. The number of rotatable bonds is 0. The lowest BCUT2D eigenvalue weighted by atomic mass is 10.6. The van der Waals surface area contributed by atoms with Crippen LogP contribution in [0.3, 0.4) is 0 Å². The first-order chi connectivity index (χ1) is 3.79. The van der Waals surface area contributed by atoms with Gasteiger partial charge in [0.15, 0.2) is 0 Å². The van der Waals surface area contributed by atoms with E-state index in [1.165, 1.54) is 0 Å². The fourth-order valence-electron chi connectivity index (χ4n) is 0.529. The van der Waals surface area contributed by atoms with Crippen LogP contribution < -0.4 is 5.73 Å². The number of hydrogen-bond acceptors (Lipinski definition) is 4. The highest BCUT2D eigenvalue weighted by Crippen LogP contribution is 1.91. The molecule has 0 atom stereocenters. The number of ether oxygens (including phenoxy) is 1. The Morgan fingerprint density at radius 2 is 2.62 bits per heavy atom. The molecule has 1 rings (SSSR count). The lowest BCUT2D eigenvalue weighted by molar-refractivity contribution is 0.188. The Morgan fingerprint density at radius 3 is 3.00 bits per heavy atom. The normalized spacial score (nSPS) is 19.6. The van der Waals surface area contributed by atoms with Crippen molar-refractivity contribution < 1.29 is 4.74 Å². The molecular formula is C4H9N3O. The Kier molecular flexibility index (Phi) is 1.24. The molecule has 0 fully saturated rings. The van der Waals surface area contributed by atoms with Crippen molar-refractivity contribution in [2.75, 3.05) is 20.2 Å². The molecule has 4 heteroatoms. The summed E-state index contributed by atoms with van der Waals surface area (Å²) < 4.78 is 4.83. The summed E-state index contributed by atoms with van der Waals surface area (Å²) in [6.07, 6.45) is 0. The summed E-state index contributed by atoms with van der Waals surface area (Å²) in [6.45, 7) is 1.46. The molecule has 0 aromatic rings. The highest BCUT2D eigenvalue weighted by atomic mass is 16.5. The maximum Gasteiger partial charge on any atom is 0.303 e. The van der Waals surface area contributed by atoms with Crippen LogP contribution in [0.25, 0.3) is 0 Å². The standard InChI is InChI=1S/C4H9N3O/c1-7-2-3-8-4(5)6-7/h2-3H2,1H3,(H2,5,6). The molecule has 4 nitrogen and oxygen atoms in total. The smallest absolute Gasteiger partial charge is 0.303 e. The van der Waals surface area contributed by atoms with Gasteiger partial charge in [-0.2, -0.15) is 0 Å². The average Bonchev–Trinajstić information content (AvgIpc) is 1.64. The van der Waals surface area contributed by atoms with E-state index < -0.39 is 0 Å². The molecule has 0 saturated heterocycles. The van der Waals surface area contributed by atoms with Gasteiger partial charge in [0.1, 0.15) is 6.61 Å². The van der Waals surface area contributed by atoms with Crippen LogP contribution >= 0.6 is 0 Å². The lowest BCUT2D eigenvalue weighted by Gasteiger charge is -2.18. The van der Waals surface area contributed by atoms with Gasteiger partial charge in [-0.05, 0) is 0 Å². The van der Waals surface area contributed by atoms with E-state index in [1.807, 2.05) is 7.05 Å². The average molecular weight is 115 g/mol. The minimum absolute atomic E-state index is 0.263. The fraction of sp³-hybridized carbons (Fsp3) is 0.750. The molecule has 8 heavy (non-hydrogen) atoms. The summed E-state index contributed by atoms with van der Waals surface area (Å²) in [4.78, 5) is 0. The zero-order valence-electron chi connectivity index (χ0n) is 4.79. The Morgan fingerprint density at radius 1 is 1.88 bits per heavy atom. The van der Waals surface area contributed by atoms with Crippen molar-refractivity contribution in [1.82, 2.24) is 5.01 Å².